The van der Waals surface area contributed by atoms with Crippen molar-refractivity contribution in [2.45, 2.75) is 38.5 Å². The van der Waals surface area contributed by atoms with Gasteiger partial charge in [-0.3, -0.25) is 4.79 Å². The molecule has 0 saturated carbocycles. The number of rotatable bonds is 7. The van der Waals surface area contributed by atoms with Crippen molar-refractivity contribution in [3.63, 3.8) is 0 Å². The standard InChI is InChI=1S/C26H27NO6S/c1-3-30-8-9-31-26(29)23-15(2)27-18-11-17(22-5-4-10-34-22)12-19(28)25(18)24(23)16-6-7-20-21(13-16)33-14-32-20/h4-7,10,13,17,24,27H,3,8-9,11-12,14H2,1-2H3/t17-,24-/m0/s1. The Balaban J connectivity index is 1.53. The molecule has 0 spiro atoms. The number of thiophene rings is 1. The van der Waals surface area contributed by atoms with Crippen LogP contribution in [0.2, 0.25) is 0 Å². The van der Waals surface area contributed by atoms with E-state index in [1.807, 2.05) is 43.5 Å². The molecule has 0 fully saturated rings. The van der Waals surface area contributed by atoms with Crippen molar-refractivity contribution in [1.82, 2.24) is 5.32 Å². The zero-order chi connectivity index (χ0) is 23.7. The molecule has 5 rings (SSSR count). The SMILES string of the molecule is CCOCCOC(=O)C1=C(C)NC2=C(C(=O)C[C@@H](c3cccs3)C2)[C@H]1c1ccc2c(c1)OCO2. The second-order valence-corrected chi connectivity index (χ2v) is 9.46. The Hall–Kier alpha value is -3.10. The third-order valence-electron chi connectivity index (χ3n) is 6.39. The van der Waals surface area contributed by atoms with Gasteiger partial charge >= 0.3 is 5.97 Å². The number of benzene rings is 1. The quantitative estimate of drug-likeness (QED) is 0.463. The molecule has 3 heterocycles. The lowest BCUT2D eigenvalue weighted by Crippen LogP contribution is -2.36. The maximum atomic E-state index is 13.6. The van der Waals surface area contributed by atoms with E-state index >= 15 is 0 Å². The summed E-state index contributed by atoms with van der Waals surface area (Å²) in [6, 6.07) is 9.68. The van der Waals surface area contributed by atoms with Crippen molar-refractivity contribution in [3.05, 3.63) is 68.7 Å². The highest BCUT2D eigenvalue weighted by atomic mass is 32.1. The molecule has 2 aromatic rings. The van der Waals surface area contributed by atoms with Crippen LogP contribution < -0.4 is 14.8 Å². The maximum Gasteiger partial charge on any atom is 0.336 e. The number of allylic oxidation sites excluding steroid dienone is 3. The van der Waals surface area contributed by atoms with E-state index in [0.29, 0.717) is 54.4 Å². The molecule has 7 nitrogen and oxygen atoms in total. The summed E-state index contributed by atoms with van der Waals surface area (Å²) in [4.78, 5) is 28.0. The van der Waals surface area contributed by atoms with Crippen molar-refractivity contribution in [3.8, 4) is 11.5 Å². The van der Waals surface area contributed by atoms with Crippen LogP contribution in [0.3, 0.4) is 0 Å². The summed E-state index contributed by atoms with van der Waals surface area (Å²) < 4.78 is 21.9. The number of dihydropyridines is 1. The van der Waals surface area contributed by atoms with Gasteiger partial charge < -0.3 is 24.3 Å². The highest BCUT2D eigenvalue weighted by molar-refractivity contribution is 7.10. The molecule has 178 valence electrons. The molecule has 2 aliphatic heterocycles. The molecule has 1 aliphatic carbocycles. The zero-order valence-corrected chi connectivity index (χ0v) is 20.0. The minimum atomic E-state index is -0.540. The van der Waals surface area contributed by atoms with Gasteiger partial charge in [0.05, 0.1) is 12.2 Å². The number of hydrogen-bond donors (Lipinski definition) is 1. The molecule has 0 radical (unpaired) electrons. The Kier molecular flexibility index (Phi) is 6.43. The second kappa shape index (κ2) is 9.64. The minimum Gasteiger partial charge on any atom is -0.460 e. The predicted molar refractivity (Wildman–Crippen MR) is 127 cm³/mol. The van der Waals surface area contributed by atoms with E-state index in [-0.39, 0.29) is 25.1 Å². The van der Waals surface area contributed by atoms with Crippen molar-refractivity contribution in [2.75, 3.05) is 26.6 Å². The van der Waals surface area contributed by atoms with E-state index in [1.54, 1.807) is 11.3 Å². The topological polar surface area (TPSA) is 83.1 Å². The zero-order valence-electron chi connectivity index (χ0n) is 19.2. The fourth-order valence-corrected chi connectivity index (χ4v) is 5.71. The third-order valence-corrected chi connectivity index (χ3v) is 7.42. The molecule has 8 heteroatoms. The Morgan fingerprint density at radius 3 is 2.82 bits per heavy atom. The lowest BCUT2D eigenvalue weighted by atomic mass is 9.72. The molecule has 1 aromatic heterocycles. The normalized spacial score (nSPS) is 21.4. The van der Waals surface area contributed by atoms with E-state index in [0.717, 1.165) is 11.3 Å². The fourth-order valence-electron chi connectivity index (χ4n) is 4.88. The van der Waals surface area contributed by atoms with Gasteiger partial charge in [0.15, 0.2) is 17.3 Å². The van der Waals surface area contributed by atoms with Crippen LogP contribution in [0.1, 0.15) is 49.0 Å². The fraction of sp³-hybridized carbons (Fsp3) is 0.385. The molecule has 3 aliphatic rings. The first-order valence-corrected chi connectivity index (χ1v) is 12.4. The Labute approximate surface area is 202 Å². The largest absolute Gasteiger partial charge is 0.460 e. The van der Waals surface area contributed by atoms with Gasteiger partial charge in [-0.1, -0.05) is 12.1 Å². The lowest BCUT2D eigenvalue weighted by Gasteiger charge is -2.36. The average Bonchev–Trinajstić information content (AvgIpc) is 3.52. The molecule has 0 bridgehead atoms. The van der Waals surface area contributed by atoms with Gasteiger partial charge in [0, 0.05) is 46.7 Å². The molecule has 1 aromatic carbocycles. The average molecular weight is 482 g/mol. The van der Waals surface area contributed by atoms with E-state index in [2.05, 4.69) is 11.4 Å². The first kappa shape index (κ1) is 22.7. The summed E-state index contributed by atoms with van der Waals surface area (Å²) in [7, 11) is 0. The highest BCUT2D eigenvalue weighted by Gasteiger charge is 2.42. The van der Waals surface area contributed by atoms with Crippen molar-refractivity contribution < 1.29 is 28.5 Å². The number of ketones is 1. The molecule has 34 heavy (non-hydrogen) atoms. The number of carbonyl (C=O) groups excluding carboxylic acids is 2. The summed E-state index contributed by atoms with van der Waals surface area (Å²) in [5.74, 6) is 0.445. The molecular formula is C26H27NO6S. The summed E-state index contributed by atoms with van der Waals surface area (Å²) in [5, 5.41) is 5.42. The Morgan fingerprint density at radius 2 is 2.03 bits per heavy atom. The predicted octanol–water partition coefficient (Wildman–Crippen LogP) is 4.42. The smallest absolute Gasteiger partial charge is 0.336 e. The number of fused-ring (bicyclic) bond motifs is 1. The summed E-state index contributed by atoms with van der Waals surface area (Å²) in [6.07, 6.45) is 1.13. The summed E-state index contributed by atoms with van der Waals surface area (Å²) >= 11 is 1.67. The molecule has 0 saturated heterocycles. The first-order valence-electron chi connectivity index (χ1n) is 11.5. The van der Waals surface area contributed by atoms with Crippen LogP contribution in [0.15, 0.2) is 58.3 Å². The molecular weight excluding hydrogens is 454 g/mol. The molecule has 0 amide bonds. The van der Waals surface area contributed by atoms with Crippen molar-refractivity contribution >= 4 is 23.1 Å². The van der Waals surface area contributed by atoms with Crippen LogP contribution in [-0.2, 0) is 19.1 Å². The van der Waals surface area contributed by atoms with E-state index in [4.69, 9.17) is 18.9 Å². The lowest BCUT2D eigenvalue weighted by molar-refractivity contribution is -0.140. The van der Waals surface area contributed by atoms with Crippen molar-refractivity contribution in [1.29, 1.82) is 0 Å². The van der Waals surface area contributed by atoms with Crippen LogP contribution in [0.5, 0.6) is 11.5 Å². The monoisotopic (exact) mass is 481 g/mol. The number of Topliss-reactive ketones (excluding diaryl/α,β-unsaturated/α-hetero) is 1. The van der Waals surface area contributed by atoms with Gasteiger partial charge in [0.25, 0.3) is 0 Å². The van der Waals surface area contributed by atoms with Gasteiger partial charge in [0.2, 0.25) is 6.79 Å². The highest BCUT2D eigenvalue weighted by Crippen LogP contribution is 2.47. The van der Waals surface area contributed by atoms with Gasteiger partial charge in [0.1, 0.15) is 6.61 Å². The summed E-state index contributed by atoms with van der Waals surface area (Å²) in [6.45, 7) is 4.94. The van der Waals surface area contributed by atoms with Crippen LogP contribution in [0.4, 0.5) is 0 Å². The van der Waals surface area contributed by atoms with Gasteiger partial charge in [-0.05, 0) is 49.4 Å². The van der Waals surface area contributed by atoms with Gasteiger partial charge in [-0.15, -0.1) is 11.3 Å². The van der Waals surface area contributed by atoms with Crippen LogP contribution in [-0.4, -0.2) is 38.4 Å². The number of hydrogen-bond acceptors (Lipinski definition) is 8. The van der Waals surface area contributed by atoms with Gasteiger partial charge in [-0.25, -0.2) is 4.79 Å². The molecule has 0 unspecified atom stereocenters. The van der Waals surface area contributed by atoms with E-state index in [9.17, 15) is 9.59 Å². The minimum absolute atomic E-state index is 0.0435. The number of ether oxygens (including phenoxy) is 4. The molecule has 2 atom stereocenters. The van der Waals surface area contributed by atoms with Crippen molar-refractivity contribution in [2.24, 2.45) is 0 Å². The Bertz CT molecular complexity index is 1170. The van der Waals surface area contributed by atoms with E-state index < -0.39 is 11.9 Å². The Morgan fingerprint density at radius 1 is 1.18 bits per heavy atom. The first-order chi connectivity index (χ1) is 16.6. The number of esters is 1. The number of carbonyl (C=O) groups is 2. The molecule has 1 N–H and O–H groups in total. The van der Waals surface area contributed by atoms with Crippen LogP contribution in [0.25, 0.3) is 0 Å². The van der Waals surface area contributed by atoms with E-state index in [1.165, 1.54) is 4.88 Å². The van der Waals surface area contributed by atoms with Crippen LogP contribution >= 0.6 is 11.3 Å². The second-order valence-electron chi connectivity index (χ2n) is 8.48. The maximum absolute atomic E-state index is 13.6. The van der Waals surface area contributed by atoms with Crippen LogP contribution in [0, 0.1) is 0 Å². The third kappa shape index (κ3) is 4.23. The summed E-state index contributed by atoms with van der Waals surface area (Å²) in [5.41, 5.74) is 3.45. The number of nitrogens with one attached hydrogen (secondary N) is 1. The van der Waals surface area contributed by atoms with Gasteiger partial charge in [-0.2, -0.15) is 0 Å².